The largest absolute Gasteiger partial charge is 0.445 e. The van der Waals surface area contributed by atoms with Crippen molar-refractivity contribution in [3.63, 3.8) is 0 Å². The van der Waals surface area contributed by atoms with E-state index in [-0.39, 0.29) is 23.7 Å². The van der Waals surface area contributed by atoms with Crippen LogP contribution in [0.4, 0.5) is 16.2 Å². The van der Waals surface area contributed by atoms with E-state index in [0.717, 1.165) is 5.56 Å². The number of benzene rings is 3. The number of carbonyl (C=O) groups is 2. The van der Waals surface area contributed by atoms with Gasteiger partial charge in [-0.1, -0.05) is 48.0 Å². The summed E-state index contributed by atoms with van der Waals surface area (Å²) in [6.45, 7) is 1.38. The van der Waals surface area contributed by atoms with Crippen LogP contribution in [0.1, 0.15) is 11.1 Å². The number of hydrogen-bond acceptors (Lipinski definition) is 5. The van der Waals surface area contributed by atoms with Crippen molar-refractivity contribution >= 4 is 45.0 Å². The van der Waals surface area contributed by atoms with Crippen LogP contribution in [-0.4, -0.2) is 27.0 Å². The van der Waals surface area contributed by atoms with E-state index < -0.39 is 22.0 Å². The smallest absolute Gasteiger partial charge is 0.407 e. The highest BCUT2D eigenvalue weighted by atomic mass is 35.5. The molecule has 8 nitrogen and oxygen atoms in total. The number of alkyl carbamates (subject to hydrolysis) is 1. The van der Waals surface area contributed by atoms with Gasteiger partial charge in [-0.25, -0.2) is 13.2 Å². The first-order chi connectivity index (χ1) is 15.7. The summed E-state index contributed by atoms with van der Waals surface area (Å²) in [5.41, 5.74) is 1.93. The number of ether oxygens (including phenoxy) is 1. The number of anilines is 2. The van der Waals surface area contributed by atoms with Crippen molar-refractivity contribution in [1.29, 1.82) is 0 Å². The molecular weight excluding hydrogens is 466 g/mol. The van der Waals surface area contributed by atoms with Gasteiger partial charge in [0.1, 0.15) is 13.2 Å². The molecule has 3 N–H and O–H groups in total. The summed E-state index contributed by atoms with van der Waals surface area (Å²) in [6, 6.07) is 19.8. The van der Waals surface area contributed by atoms with E-state index in [0.29, 0.717) is 16.3 Å². The molecule has 0 atom stereocenters. The third kappa shape index (κ3) is 7.23. The highest BCUT2D eigenvalue weighted by molar-refractivity contribution is 7.92. The maximum absolute atomic E-state index is 12.8. The van der Waals surface area contributed by atoms with Crippen LogP contribution >= 0.6 is 11.6 Å². The molecule has 2 amide bonds. The molecule has 0 aliphatic carbocycles. The number of carbonyl (C=O) groups excluding carboxylic acids is 2. The van der Waals surface area contributed by atoms with Crippen molar-refractivity contribution in [2.45, 2.75) is 18.4 Å². The lowest BCUT2D eigenvalue weighted by Gasteiger charge is -2.13. The Bertz CT molecular complexity index is 1230. The molecule has 0 aliphatic rings. The Labute approximate surface area is 197 Å². The Morgan fingerprint density at radius 2 is 1.61 bits per heavy atom. The van der Waals surface area contributed by atoms with Crippen molar-refractivity contribution in [3.05, 3.63) is 88.9 Å². The summed E-state index contributed by atoms with van der Waals surface area (Å²) < 4.78 is 33.2. The molecule has 0 bridgehead atoms. The predicted octanol–water partition coefficient (Wildman–Crippen LogP) is 4.31. The van der Waals surface area contributed by atoms with E-state index in [4.69, 9.17) is 16.3 Å². The average molecular weight is 488 g/mol. The van der Waals surface area contributed by atoms with Gasteiger partial charge >= 0.3 is 6.09 Å². The van der Waals surface area contributed by atoms with Gasteiger partial charge in [0.05, 0.1) is 4.90 Å². The van der Waals surface area contributed by atoms with Crippen LogP contribution in [0, 0.1) is 6.92 Å². The second-order valence-corrected chi connectivity index (χ2v) is 9.14. The molecule has 0 radical (unpaired) electrons. The zero-order chi connectivity index (χ0) is 23.8. The zero-order valence-corrected chi connectivity index (χ0v) is 19.2. The Morgan fingerprint density at radius 3 is 2.30 bits per heavy atom. The number of halogens is 1. The van der Waals surface area contributed by atoms with Gasteiger partial charge in [-0.3, -0.25) is 9.52 Å². The van der Waals surface area contributed by atoms with Gasteiger partial charge in [0.15, 0.2) is 0 Å². The standard InChI is InChI=1S/C23H22ClN3O5S/c1-16-7-10-20(13-21(16)33(30,31)27-19-11-8-18(24)9-12-19)26-22(28)14-25-23(29)32-15-17-5-3-2-4-6-17/h2-13,27H,14-15H2,1H3,(H,25,29)(H,26,28). The van der Waals surface area contributed by atoms with Crippen molar-refractivity contribution in [2.75, 3.05) is 16.6 Å². The average Bonchev–Trinajstić information content (AvgIpc) is 2.79. The highest BCUT2D eigenvalue weighted by Crippen LogP contribution is 2.23. The number of nitrogens with one attached hydrogen (secondary N) is 3. The molecule has 3 aromatic rings. The molecule has 0 aliphatic heterocycles. The lowest BCUT2D eigenvalue weighted by molar-refractivity contribution is -0.115. The number of rotatable bonds is 8. The molecule has 0 saturated carbocycles. The fraction of sp³-hybridized carbons (Fsp3) is 0.130. The Balaban J connectivity index is 1.57. The maximum Gasteiger partial charge on any atom is 0.407 e. The van der Waals surface area contributed by atoms with Crippen LogP contribution in [0.25, 0.3) is 0 Å². The normalized spacial score (nSPS) is 10.8. The second kappa shape index (κ2) is 10.8. The molecule has 0 fully saturated rings. The number of sulfonamides is 1. The van der Waals surface area contributed by atoms with Crippen LogP contribution < -0.4 is 15.4 Å². The predicted molar refractivity (Wildman–Crippen MR) is 127 cm³/mol. The maximum atomic E-state index is 12.8. The molecule has 3 rings (SSSR count). The van der Waals surface area contributed by atoms with E-state index in [9.17, 15) is 18.0 Å². The number of amides is 2. The van der Waals surface area contributed by atoms with E-state index >= 15 is 0 Å². The number of hydrogen-bond donors (Lipinski definition) is 3. The van der Waals surface area contributed by atoms with Crippen molar-refractivity contribution in [2.24, 2.45) is 0 Å². The molecule has 0 unspecified atom stereocenters. The van der Waals surface area contributed by atoms with Gasteiger partial charge in [-0.2, -0.15) is 0 Å². The lowest BCUT2D eigenvalue weighted by Crippen LogP contribution is -2.33. The van der Waals surface area contributed by atoms with Crippen LogP contribution in [0.5, 0.6) is 0 Å². The SMILES string of the molecule is Cc1ccc(NC(=O)CNC(=O)OCc2ccccc2)cc1S(=O)(=O)Nc1ccc(Cl)cc1. The zero-order valence-electron chi connectivity index (χ0n) is 17.7. The number of aryl methyl sites for hydroxylation is 1. The molecule has 0 spiro atoms. The third-order valence-corrected chi connectivity index (χ3v) is 6.24. The molecule has 172 valence electrons. The molecule has 3 aromatic carbocycles. The summed E-state index contributed by atoms with van der Waals surface area (Å²) in [7, 11) is -3.91. The van der Waals surface area contributed by atoms with Gasteiger partial charge in [0.25, 0.3) is 10.0 Å². The lowest BCUT2D eigenvalue weighted by atomic mass is 10.2. The summed E-state index contributed by atoms with van der Waals surface area (Å²) in [5, 5.41) is 5.40. The molecule has 0 saturated heterocycles. The van der Waals surface area contributed by atoms with Gasteiger partial charge in [0.2, 0.25) is 5.91 Å². The molecule has 0 heterocycles. The van der Waals surface area contributed by atoms with E-state index in [1.807, 2.05) is 30.3 Å². The fourth-order valence-corrected chi connectivity index (χ4v) is 4.28. The Kier molecular flexibility index (Phi) is 7.92. The fourth-order valence-electron chi connectivity index (χ4n) is 2.83. The summed E-state index contributed by atoms with van der Waals surface area (Å²) in [6.07, 6.45) is -0.742. The molecule has 10 heteroatoms. The van der Waals surface area contributed by atoms with Gasteiger partial charge < -0.3 is 15.4 Å². The van der Waals surface area contributed by atoms with Gasteiger partial charge in [-0.15, -0.1) is 0 Å². The van der Waals surface area contributed by atoms with Crippen molar-refractivity contribution in [3.8, 4) is 0 Å². The monoisotopic (exact) mass is 487 g/mol. The van der Waals surface area contributed by atoms with E-state index in [2.05, 4.69) is 15.4 Å². The first-order valence-electron chi connectivity index (χ1n) is 9.86. The second-order valence-electron chi connectivity index (χ2n) is 7.06. The van der Waals surface area contributed by atoms with Crippen LogP contribution in [0.3, 0.4) is 0 Å². The van der Waals surface area contributed by atoms with E-state index in [1.54, 1.807) is 43.3 Å². The van der Waals surface area contributed by atoms with Gasteiger partial charge in [-0.05, 0) is 54.4 Å². The third-order valence-electron chi connectivity index (χ3n) is 4.46. The summed E-state index contributed by atoms with van der Waals surface area (Å²) in [5.74, 6) is -0.537. The minimum absolute atomic E-state index is 0.00507. The topological polar surface area (TPSA) is 114 Å². The van der Waals surface area contributed by atoms with Crippen molar-refractivity contribution in [1.82, 2.24) is 5.32 Å². The first kappa shape index (κ1) is 24.1. The first-order valence-corrected chi connectivity index (χ1v) is 11.7. The Morgan fingerprint density at radius 1 is 0.939 bits per heavy atom. The Hall–Kier alpha value is -3.56. The highest BCUT2D eigenvalue weighted by Gasteiger charge is 2.18. The van der Waals surface area contributed by atoms with Crippen molar-refractivity contribution < 1.29 is 22.7 Å². The van der Waals surface area contributed by atoms with Crippen LogP contribution in [-0.2, 0) is 26.2 Å². The van der Waals surface area contributed by atoms with Crippen LogP contribution in [0.15, 0.2) is 77.7 Å². The summed E-state index contributed by atoms with van der Waals surface area (Å²) in [4.78, 5) is 24.0. The summed E-state index contributed by atoms with van der Waals surface area (Å²) >= 11 is 5.83. The minimum atomic E-state index is -3.91. The van der Waals surface area contributed by atoms with E-state index in [1.165, 1.54) is 6.07 Å². The van der Waals surface area contributed by atoms with Gasteiger partial charge in [0, 0.05) is 16.4 Å². The molecule has 33 heavy (non-hydrogen) atoms. The van der Waals surface area contributed by atoms with Crippen LogP contribution in [0.2, 0.25) is 5.02 Å². The molecule has 0 aromatic heterocycles. The molecular formula is C23H22ClN3O5S. The quantitative estimate of drug-likeness (QED) is 0.438. The minimum Gasteiger partial charge on any atom is -0.445 e.